The Kier molecular flexibility index (Phi) is 4.50. The average molecular weight is 225 g/mol. The van der Waals surface area contributed by atoms with Crippen molar-refractivity contribution in [3.63, 3.8) is 0 Å². The largest absolute Gasteiger partial charge is 0.374 e. The first-order chi connectivity index (χ1) is 7.57. The molecule has 0 saturated carbocycles. The number of aromatic nitrogens is 2. The smallest absolute Gasteiger partial charge is 0.0846 e. The van der Waals surface area contributed by atoms with Gasteiger partial charge in [0.15, 0.2) is 0 Å². The SMILES string of the molecule is CCOC(C)(CC)C(NC)c1cnn(C)c1. The zero-order valence-electron chi connectivity index (χ0n) is 10.9. The molecule has 1 rings (SSSR count). The minimum absolute atomic E-state index is 0.172. The van der Waals surface area contributed by atoms with Gasteiger partial charge in [0.1, 0.15) is 0 Å². The average Bonchev–Trinajstić information content (AvgIpc) is 2.66. The number of rotatable bonds is 6. The van der Waals surface area contributed by atoms with Crippen LogP contribution in [-0.2, 0) is 11.8 Å². The summed E-state index contributed by atoms with van der Waals surface area (Å²) in [6, 6.07) is 0.172. The number of hydrogen-bond donors (Lipinski definition) is 1. The molecule has 4 heteroatoms. The molecule has 0 aliphatic carbocycles. The maximum absolute atomic E-state index is 5.90. The molecule has 0 aromatic carbocycles. The summed E-state index contributed by atoms with van der Waals surface area (Å²) in [5.74, 6) is 0. The van der Waals surface area contributed by atoms with Gasteiger partial charge in [0, 0.05) is 25.4 Å². The van der Waals surface area contributed by atoms with Gasteiger partial charge >= 0.3 is 0 Å². The predicted molar refractivity (Wildman–Crippen MR) is 65.3 cm³/mol. The van der Waals surface area contributed by atoms with Gasteiger partial charge in [-0.2, -0.15) is 5.10 Å². The molecule has 1 heterocycles. The third-order valence-electron chi connectivity index (χ3n) is 3.13. The lowest BCUT2D eigenvalue weighted by Gasteiger charge is -2.36. The molecule has 0 aliphatic rings. The Morgan fingerprint density at radius 2 is 2.25 bits per heavy atom. The van der Waals surface area contributed by atoms with E-state index in [1.165, 1.54) is 5.56 Å². The highest BCUT2D eigenvalue weighted by Crippen LogP contribution is 2.31. The van der Waals surface area contributed by atoms with Crippen LogP contribution in [0.5, 0.6) is 0 Å². The molecular weight excluding hydrogens is 202 g/mol. The van der Waals surface area contributed by atoms with E-state index in [9.17, 15) is 0 Å². The minimum atomic E-state index is -0.188. The van der Waals surface area contributed by atoms with Crippen LogP contribution in [0.2, 0.25) is 0 Å². The monoisotopic (exact) mass is 225 g/mol. The lowest BCUT2D eigenvalue weighted by molar-refractivity contribution is -0.0547. The molecule has 16 heavy (non-hydrogen) atoms. The summed E-state index contributed by atoms with van der Waals surface area (Å²) >= 11 is 0. The third-order valence-corrected chi connectivity index (χ3v) is 3.13. The number of aryl methyl sites for hydroxylation is 1. The van der Waals surface area contributed by atoms with E-state index in [1.807, 2.05) is 38.1 Å². The van der Waals surface area contributed by atoms with Crippen LogP contribution < -0.4 is 5.32 Å². The van der Waals surface area contributed by atoms with Crippen LogP contribution in [0.3, 0.4) is 0 Å². The van der Waals surface area contributed by atoms with Crippen molar-refractivity contribution in [1.29, 1.82) is 0 Å². The highest BCUT2D eigenvalue weighted by atomic mass is 16.5. The molecule has 0 saturated heterocycles. The molecule has 0 fully saturated rings. The Bertz CT molecular complexity index is 324. The molecule has 2 atom stereocenters. The highest BCUT2D eigenvalue weighted by molar-refractivity contribution is 5.15. The van der Waals surface area contributed by atoms with Gasteiger partial charge in [0.2, 0.25) is 0 Å². The van der Waals surface area contributed by atoms with E-state index < -0.39 is 0 Å². The Balaban J connectivity index is 2.95. The molecule has 4 nitrogen and oxygen atoms in total. The van der Waals surface area contributed by atoms with Crippen molar-refractivity contribution < 1.29 is 4.74 Å². The normalized spacial score (nSPS) is 17.1. The molecular formula is C12H23N3O. The number of hydrogen-bond acceptors (Lipinski definition) is 3. The summed E-state index contributed by atoms with van der Waals surface area (Å²) in [5.41, 5.74) is 0.981. The van der Waals surface area contributed by atoms with Gasteiger partial charge in [0.25, 0.3) is 0 Å². The summed E-state index contributed by atoms with van der Waals surface area (Å²) < 4.78 is 7.72. The Morgan fingerprint density at radius 3 is 2.62 bits per heavy atom. The molecule has 2 unspecified atom stereocenters. The van der Waals surface area contributed by atoms with Gasteiger partial charge in [-0.3, -0.25) is 4.68 Å². The van der Waals surface area contributed by atoms with Crippen LogP contribution >= 0.6 is 0 Å². The third kappa shape index (κ3) is 2.62. The van der Waals surface area contributed by atoms with Crippen molar-refractivity contribution in [3.05, 3.63) is 18.0 Å². The molecule has 0 bridgehead atoms. The van der Waals surface area contributed by atoms with Gasteiger partial charge in [-0.1, -0.05) is 6.92 Å². The topological polar surface area (TPSA) is 39.1 Å². The summed E-state index contributed by atoms with van der Waals surface area (Å²) in [5, 5.41) is 7.54. The lowest BCUT2D eigenvalue weighted by Crippen LogP contribution is -2.42. The first-order valence-electron chi connectivity index (χ1n) is 5.87. The fourth-order valence-corrected chi connectivity index (χ4v) is 2.13. The van der Waals surface area contributed by atoms with Crippen LogP contribution in [0.25, 0.3) is 0 Å². The summed E-state index contributed by atoms with van der Waals surface area (Å²) in [7, 11) is 3.89. The molecule has 0 spiro atoms. The van der Waals surface area contributed by atoms with Gasteiger partial charge in [-0.25, -0.2) is 0 Å². The van der Waals surface area contributed by atoms with E-state index in [-0.39, 0.29) is 11.6 Å². The minimum Gasteiger partial charge on any atom is -0.374 e. The number of nitrogens with one attached hydrogen (secondary N) is 1. The molecule has 0 amide bonds. The predicted octanol–water partition coefficient (Wildman–Crippen LogP) is 1.89. The van der Waals surface area contributed by atoms with Gasteiger partial charge in [-0.15, -0.1) is 0 Å². The molecule has 92 valence electrons. The van der Waals surface area contributed by atoms with E-state index in [4.69, 9.17) is 4.74 Å². The van der Waals surface area contributed by atoms with E-state index >= 15 is 0 Å². The quantitative estimate of drug-likeness (QED) is 0.803. The summed E-state index contributed by atoms with van der Waals surface area (Å²) in [6.45, 7) is 7.05. The van der Waals surface area contributed by atoms with E-state index in [0.29, 0.717) is 0 Å². The molecule has 0 aliphatic heterocycles. The number of ether oxygens (including phenoxy) is 1. The molecule has 0 radical (unpaired) electrons. The first kappa shape index (κ1) is 13.2. The van der Waals surface area contributed by atoms with Crippen molar-refractivity contribution in [1.82, 2.24) is 15.1 Å². The van der Waals surface area contributed by atoms with Crippen molar-refractivity contribution in [2.45, 2.75) is 38.8 Å². The van der Waals surface area contributed by atoms with Crippen molar-refractivity contribution >= 4 is 0 Å². The number of nitrogens with zero attached hydrogens (tertiary/aromatic N) is 2. The first-order valence-corrected chi connectivity index (χ1v) is 5.87. The van der Waals surface area contributed by atoms with Gasteiger partial charge in [-0.05, 0) is 27.3 Å². The van der Waals surface area contributed by atoms with Crippen LogP contribution in [0.1, 0.15) is 38.8 Å². The molecule has 1 aromatic heterocycles. The van der Waals surface area contributed by atoms with Crippen LogP contribution in [0.15, 0.2) is 12.4 Å². The van der Waals surface area contributed by atoms with Crippen molar-refractivity contribution in [2.24, 2.45) is 7.05 Å². The Labute approximate surface area is 98.0 Å². The van der Waals surface area contributed by atoms with Gasteiger partial charge in [0.05, 0.1) is 17.8 Å². The van der Waals surface area contributed by atoms with Gasteiger partial charge < -0.3 is 10.1 Å². The van der Waals surface area contributed by atoms with E-state index in [2.05, 4.69) is 24.3 Å². The molecule has 1 N–H and O–H groups in total. The van der Waals surface area contributed by atoms with Crippen LogP contribution in [0, 0.1) is 0 Å². The fourth-order valence-electron chi connectivity index (χ4n) is 2.13. The zero-order chi connectivity index (χ0) is 12.2. The second kappa shape index (κ2) is 5.46. The second-order valence-corrected chi connectivity index (χ2v) is 4.27. The van der Waals surface area contributed by atoms with Crippen LogP contribution in [-0.4, -0.2) is 29.0 Å². The summed E-state index contributed by atoms with van der Waals surface area (Å²) in [4.78, 5) is 0. The van der Waals surface area contributed by atoms with Crippen molar-refractivity contribution in [2.75, 3.05) is 13.7 Å². The highest BCUT2D eigenvalue weighted by Gasteiger charge is 2.34. The van der Waals surface area contributed by atoms with Crippen LogP contribution in [0.4, 0.5) is 0 Å². The Hall–Kier alpha value is -0.870. The maximum Gasteiger partial charge on any atom is 0.0846 e. The maximum atomic E-state index is 5.90. The standard InChI is InChI=1S/C12H23N3O/c1-6-12(3,16-7-2)11(13-4)10-8-14-15(5)9-10/h8-9,11,13H,6-7H2,1-5H3. The fraction of sp³-hybridized carbons (Fsp3) is 0.750. The van der Waals surface area contributed by atoms with E-state index in [1.54, 1.807) is 0 Å². The van der Waals surface area contributed by atoms with E-state index in [0.717, 1.165) is 13.0 Å². The van der Waals surface area contributed by atoms with Crippen molar-refractivity contribution in [3.8, 4) is 0 Å². The zero-order valence-corrected chi connectivity index (χ0v) is 10.9. The lowest BCUT2D eigenvalue weighted by atomic mass is 9.89. The number of likely N-dealkylation sites (N-methyl/N-ethyl adjacent to an activating group) is 1. The second-order valence-electron chi connectivity index (χ2n) is 4.27. The Morgan fingerprint density at radius 1 is 1.56 bits per heavy atom. The molecule has 1 aromatic rings. The summed E-state index contributed by atoms with van der Waals surface area (Å²) in [6.07, 6.45) is 4.89.